The Balaban J connectivity index is 2.07. The maximum Gasteiger partial charge on any atom is 0.573 e. The highest BCUT2D eigenvalue weighted by Crippen LogP contribution is 2.27. The van der Waals surface area contributed by atoms with Crippen molar-refractivity contribution in [3.8, 4) is 5.75 Å². The quantitative estimate of drug-likeness (QED) is 0.917. The molecule has 3 nitrogen and oxygen atoms in total. The Morgan fingerprint density at radius 3 is 2.21 bits per heavy atom. The molecule has 0 aliphatic carbocycles. The van der Waals surface area contributed by atoms with Crippen LogP contribution in [0.1, 0.15) is 24.4 Å². The van der Waals surface area contributed by atoms with Gasteiger partial charge >= 0.3 is 6.36 Å². The number of likely N-dealkylation sites (tertiary alicyclic amines) is 1. The monoisotopic (exact) mass is 274 g/mol. The van der Waals surface area contributed by atoms with E-state index in [0.29, 0.717) is 6.54 Å². The molecule has 1 heterocycles. The second-order valence-corrected chi connectivity index (χ2v) is 4.61. The van der Waals surface area contributed by atoms with E-state index >= 15 is 0 Å². The summed E-state index contributed by atoms with van der Waals surface area (Å²) in [4.78, 5) is 2.26. The number of rotatable bonds is 4. The SMILES string of the molecule is NCC(c1ccc(OC(F)(F)F)cc1)N1CCCC1. The van der Waals surface area contributed by atoms with Gasteiger partial charge in [0.15, 0.2) is 0 Å². The Morgan fingerprint density at radius 2 is 1.74 bits per heavy atom. The number of nitrogens with zero attached hydrogens (tertiary/aromatic N) is 1. The number of benzene rings is 1. The van der Waals surface area contributed by atoms with Crippen LogP contribution in [0.25, 0.3) is 0 Å². The van der Waals surface area contributed by atoms with E-state index in [0.717, 1.165) is 31.5 Å². The standard InChI is InChI=1S/C13H17F3N2O/c14-13(15,16)19-11-5-3-10(4-6-11)12(9-17)18-7-1-2-8-18/h3-6,12H,1-2,7-9,17H2. The van der Waals surface area contributed by atoms with Crippen LogP contribution >= 0.6 is 0 Å². The highest BCUT2D eigenvalue weighted by molar-refractivity contribution is 5.29. The molecule has 2 rings (SSSR count). The van der Waals surface area contributed by atoms with Crippen molar-refractivity contribution < 1.29 is 17.9 Å². The maximum absolute atomic E-state index is 12.1. The Hall–Kier alpha value is -1.27. The van der Waals surface area contributed by atoms with Crippen molar-refractivity contribution in [2.75, 3.05) is 19.6 Å². The molecule has 0 bridgehead atoms. The van der Waals surface area contributed by atoms with Crippen molar-refractivity contribution in [2.24, 2.45) is 5.73 Å². The minimum Gasteiger partial charge on any atom is -0.406 e. The van der Waals surface area contributed by atoms with Crippen molar-refractivity contribution in [3.63, 3.8) is 0 Å². The third kappa shape index (κ3) is 3.84. The van der Waals surface area contributed by atoms with Crippen LogP contribution in [0.4, 0.5) is 13.2 Å². The van der Waals surface area contributed by atoms with Crippen molar-refractivity contribution in [1.82, 2.24) is 4.90 Å². The molecule has 6 heteroatoms. The van der Waals surface area contributed by atoms with Gasteiger partial charge in [0, 0.05) is 12.6 Å². The van der Waals surface area contributed by atoms with Crippen LogP contribution in [0.5, 0.6) is 5.75 Å². The van der Waals surface area contributed by atoms with E-state index in [9.17, 15) is 13.2 Å². The van der Waals surface area contributed by atoms with Crippen LogP contribution < -0.4 is 10.5 Å². The fourth-order valence-electron chi connectivity index (χ4n) is 2.44. The molecule has 19 heavy (non-hydrogen) atoms. The van der Waals surface area contributed by atoms with Gasteiger partial charge in [-0.05, 0) is 43.6 Å². The van der Waals surface area contributed by atoms with Crippen LogP contribution in [-0.2, 0) is 0 Å². The molecule has 1 aliphatic heterocycles. The van der Waals surface area contributed by atoms with Gasteiger partial charge < -0.3 is 10.5 Å². The van der Waals surface area contributed by atoms with E-state index in [1.165, 1.54) is 12.1 Å². The highest BCUT2D eigenvalue weighted by Gasteiger charge is 2.31. The third-order valence-corrected chi connectivity index (χ3v) is 3.30. The Labute approximate surface area is 110 Å². The van der Waals surface area contributed by atoms with Gasteiger partial charge in [-0.25, -0.2) is 0 Å². The summed E-state index contributed by atoms with van der Waals surface area (Å²) in [5.74, 6) is -0.201. The summed E-state index contributed by atoms with van der Waals surface area (Å²) in [5, 5.41) is 0. The molecule has 1 aromatic rings. The normalized spacial score (nSPS) is 18.5. The predicted molar refractivity (Wildman–Crippen MR) is 65.7 cm³/mol. The van der Waals surface area contributed by atoms with Gasteiger partial charge in [-0.3, -0.25) is 4.90 Å². The lowest BCUT2D eigenvalue weighted by Gasteiger charge is -2.26. The van der Waals surface area contributed by atoms with Gasteiger partial charge in [-0.15, -0.1) is 13.2 Å². The summed E-state index contributed by atoms with van der Waals surface area (Å²) in [5.41, 5.74) is 6.70. The Bertz CT molecular complexity index is 399. The Kier molecular flexibility index (Phi) is 4.31. The van der Waals surface area contributed by atoms with E-state index in [-0.39, 0.29) is 11.8 Å². The highest BCUT2D eigenvalue weighted by atomic mass is 19.4. The number of halogens is 3. The molecular weight excluding hydrogens is 257 g/mol. The molecule has 106 valence electrons. The molecule has 1 saturated heterocycles. The zero-order chi connectivity index (χ0) is 13.9. The minimum absolute atomic E-state index is 0.0717. The molecule has 1 unspecified atom stereocenters. The average molecular weight is 274 g/mol. The molecule has 0 amide bonds. The summed E-state index contributed by atoms with van der Waals surface area (Å²) in [6.45, 7) is 2.44. The molecule has 1 aromatic carbocycles. The van der Waals surface area contributed by atoms with Crippen LogP contribution in [0, 0.1) is 0 Å². The van der Waals surface area contributed by atoms with E-state index in [4.69, 9.17) is 5.73 Å². The second-order valence-electron chi connectivity index (χ2n) is 4.61. The van der Waals surface area contributed by atoms with E-state index in [1.54, 1.807) is 12.1 Å². The lowest BCUT2D eigenvalue weighted by Crippen LogP contribution is -2.31. The number of nitrogens with two attached hydrogens (primary N) is 1. The lowest BCUT2D eigenvalue weighted by molar-refractivity contribution is -0.274. The maximum atomic E-state index is 12.1. The van der Waals surface area contributed by atoms with Gasteiger partial charge in [0.05, 0.1) is 0 Å². The average Bonchev–Trinajstić information content (AvgIpc) is 2.84. The number of alkyl halides is 3. The van der Waals surface area contributed by atoms with Crippen LogP contribution in [0.15, 0.2) is 24.3 Å². The molecular formula is C13H17F3N2O. The first-order valence-electron chi connectivity index (χ1n) is 6.29. The van der Waals surface area contributed by atoms with E-state index in [1.807, 2.05) is 0 Å². The smallest absolute Gasteiger partial charge is 0.406 e. The molecule has 0 spiro atoms. The van der Waals surface area contributed by atoms with Gasteiger partial charge in [-0.1, -0.05) is 12.1 Å². The van der Waals surface area contributed by atoms with E-state index in [2.05, 4.69) is 9.64 Å². The van der Waals surface area contributed by atoms with Gasteiger partial charge in [0.2, 0.25) is 0 Å². The fraction of sp³-hybridized carbons (Fsp3) is 0.538. The first kappa shape index (κ1) is 14.1. The number of hydrogen-bond donors (Lipinski definition) is 1. The zero-order valence-electron chi connectivity index (χ0n) is 10.5. The van der Waals surface area contributed by atoms with Crippen LogP contribution in [0.3, 0.4) is 0 Å². The summed E-state index contributed by atoms with van der Waals surface area (Å²) in [6.07, 6.45) is -2.36. The molecule has 2 N–H and O–H groups in total. The molecule has 0 radical (unpaired) electrons. The second kappa shape index (κ2) is 5.79. The molecule has 0 aromatic heterocycles. The summed E-state index contributed by atoms with van der Waals surface area (Å²) in [7, 11) is 0. The largest absolute Gasteiger partial charge is 0.573 e. The first-order chi connectivity index (χ1) is 8.99. The van der Waals surface area contributed by atoms with Crippen molar-refractivity contribution in [2.45, 2.75) is 25.2 Å². The lowest BCUT2D eigenvalue weighted by atomic mass is 10.1. The molecule has 1 fully saturated rings. The zero-order valence-corrected chi connectivity index (χ0v) is 10.5. The summed E-state index contributed by atoms with van der Waals surface area (Å²) < 4.78 is 40.0. The van der Waals surface area contributed by atoms with Crippen molar-refractivity contribution >= 4 is 0 Å². The van der Waals surface area contributed by atoms with Crippen molar-refractivity contribution in [1.29, 1.82) is 0 Å². The first-order valence-corrected chi connectivity index (χ1v) is 6.29. The topological polar surface area (TPSA) is 38.5 Å². The third-order valence-electron chi connectivity index (χ3n) is 3.30. The molecule has 1 atom stereocenters. The van der Waals surface area contributed by atoms with Gasteiger partial charge in [-0.2, -0.15) is 0 Å². The summed E-state index contributed by atoms with van der Waals surface area (Å²) in [6, 6.07) is 6.04. The Morgan fingerprint density at radius 1 is 1.16 bits per heavy atom. The predicted octanol–water partition coefficient (Wildman–Crippen LogP) is 2.68. The number of hydrogen-bond acceptors (Lipinski definition) is 3. The fourth-order valence-corrected chi connectivity index (χ4v) is 2.44. The van der Waals surface area contributed by atoms with Gasteiger partial charge in [0.1, 0.15) is 5.75 Å². The van der Waals surface area contributed by atoms with Crippen LogP contribution in [0.2, 0.25) is 0 Å². The molecule has 0 saturated carbocycles. The number of ether oxygens (including phenoxy) is 1. The van der Waals surface area contributed by atoms with Gasteiger partial charge in [0.25, 0.3) is 0 Å². The molecule has 1 aliphatic rings. The van der Waals surface area contributed by atoms with E-state index < -0.39 is 6.36 Å². The summed E-state index contributed by atoms with van der Waals surface area (Å²) >= 11 is 0. The van der Waals surface area contributed by atoms with Crippen LogP contribution in [-0.4, -0.2) is 30.9 Å². The van der Waals surface area contributed by atoms with Crippen molar-refractivity contribution in [3.05, 3.63) is 29.8 Å². The minimum atomic E-state index is -4.65.